The van der Waals surface area contributed by atoms with E-state index in [4.69, 9.17) is 9.84 Å². The lowest BCUT2D eigenvalue weighted by Crippen LogP contribution is -2.06. The number of rotatable bonds is 7. The van der Waals surface area contributed by atoms with Crippen LogP contribution in [0.4, 0.5) is 0 Å². The number of aliphatic hydroxyl groups is 1. The molecule has 1 aromatic rings. The molecule has 0 saturated heterocycles. The normalized spacial score (nSPS) is 10.2. The third-order valence-corrected chi connectivity index (χ3v) is 2.41. The maximum Gasteiger partial charge on any atom is 0.341 e. The van der Waals surface area contributed by atoms with Gasteiger partial charge in [0.1, 0.15) is 11.3 Å². The number of para-hydroxylation sites is 1. The maximum absolute atomic E-state index is 11.5. The third-order valence-electron chi connectivity index (χ3n) is 2.41. The number of phenolic OH excluding ortho intramolecular Hbond substituents is 1. The fourth-order valence-electron chi connectivity index (χ4n) is 1.46. The molecule has 0 fully saturated rings. The summed E-state index contributed by atoms with van der Waals surface area (Å²) in [5, 5.41) is 18.0. The minimum Gasteiger partial charge on any atom is -0.507 e. The van der Waals surface area contributed by atoms with E-state index in [0.717, 1.165) is 25.7 Å². The maximum atomic E-state index is 11.5. The molecule has 17 heavy (non-hydrogen) atoms. The van der Waals surface area contributed by atoms with Crippen molar-refractivity contribution in [1.29, 1.82) is 0 Å². The Bertz CT molecular complexity index is 349. The Morgan fingerprint density at radius 2 is 1.82 bits per heavy atom. The molecule has 0 aliphatic rings. The van der Waals surface area contributed by atoms with Gasteiger partial charge in [-0.25, -0.2) is 4.79 Å². The smallest absolute Gasteiger partial charge is 0.341 e. The molecule has 0 radical (unpaired) electrons. The summed E-state index contributed by atoms with van der Waals surface area (Å²) >= 11 is 0. The van der Waals surface area contributed by atoms with Crippen LogP contribution in [0.2, 0.25) is 0 Å². The summed E-state index contributed by atoms with van der Waals surface area (Å²) in [5.41, 5.74) is 0.197. The Hall–Kier alpha value is -1.55. The summed E-state index contributed by atoms with van der Waals surface area (Å²) in [6.45, 7) is 0.552. The number of unbranched alkanes of at least 4 members (excludes halogenated alkanes) is 3. The van der Waals surface area contributed by atoms with Crippen LogP contribution in [-0.4, -0.2) is 29.4 Å². The topological polar surface area (TPSA) is 66.8 Å². The van der Waals surface area contributed by atoms with Crippen LogP contribution >= 0.6 is 0 Å². The van der Waals surface area contributed by atoms with Crippen molar-refractivity contribution < 1.29 is 19.7 Å². The van der Waals surface area contributed by atoms with Crippen molar-refractivity contribution in [2.45, 2.75) is 25.7 Å². The summed E-state index contributed by atoms with van der Waals surface area (Å²) in [6.07, 6.45) is 3.42. The average molecular weight is 238 g/mol. The fraction of sp³-hybridized carbons (Fsp3) is 0.462. The largest absolute Gasteiger partial charge is 0.507 e. The van der Waals surface area contributed by atoms with Crippen LogP contribution in [0, 0.1) is 0 Å². The number of aliphatic hydroxyl groups excluding tert-OH is 1. The zero-order chi connectivity index (χ0) is 12.5. The Labute approximate surface area is 101 Å². The molecular weight excluding hydrogens is 220 g/mol. The molecule has 1 rings (SSSR count). The molecule has 4 heteroatoms. The van der Waals surface area contributed by atoms with Crippen molar-refractivity contribution in [2.75, 3.05) is 13.2 Å². The number of ether oxygens (including phenoxy) is 1. The number of carbonyl (C=O) groups excluding carboxylic acids is 1. The van der Waals surface area contributed by atoms with Gasteiger partial charge in [0.2, 0.25) is 0 Å². The Balaban J connectivity index is 2.24. The van der Waals surface area contributed by atoms with E-state index in [0.29, 0.717) is 6.61 Å². The second-order valence-corrected chi connectivity index (χ2v) is 3.79. The molecule has 0 saturated carbocycles. The quantitative estimate of drug-likeness (QED) is 0.564. The first kappa shape index (κ1) is 13.5. The molecule has 0 aromatic heterocycles. The number of benzene rings is 1. The van der Waals surface area contributed by atoms with Crippen molar-refractivity contribution >= 4 is 5.97 Å². The molecule has 0 bridgehead atoms. The summed E-state index contributed by atoms with van der Waals surface area (Å²) in [6, 6.07) is 6.32. The summed E-state index contributed by atoms with van der Waals surface area (Å²) in [5.74, 6) is -0.553. The second kappa shape index (κ2) is 7.68. The van der Waals surface area contributed by atoms with Crippen molar-refractivity contribution in [3.63, 3.8) is 0 Å². The zero-order valence-electron chi connectivity index (χ0n) is 9.76. The molecule has 94 valence electrons. The van der Waals surface area contributed by atoms with E-state index in [2.05, 4.69) is 0 Å². The Morgan fingerprint density at radius 1 is 1.12 bits per heavy atom. The predicted octanol–water partition coefficient (Wildman–Crippen LogP) is 2.10. The van der Waals surface area contributed by atoms with Gasteiger partial charge in [0.25, 0.3) is 0 Å². The minimum absolute atomic E-state index is 0.0576. The molecule has 0 aliphatic carbocycles. The van der Waals surface area contributed by atoms with Gasteiger partial charge < -0.3 is 14.9 Å². The molecule has 0 unspecified atom stereocenters. The first-order valence-electron chi connectivity index (χ1n) is 5.81. The minimum atomic E-state index is -0.495. The summed E-state index contributed by atoms with van der Waals surface area (Å²) in [7, 11) is 0. The standard InChI is InChI=1S/C13H18O4/c14-9-5-1-2-6-10-17-13(16)11-7-3-4-8-12(11)15/h3-4,7-8,14-15H,1-2,5-6,9-10H2. The van der Waals surface area contributed by atoms with Gasteiger partial charge in [0.05, 0.1) is 6.61 Å². The van der Waals surface area contributed by atoms with E-state index in [1.54, 1.807) is 12.1 Å². The van der Waals surface area contributed by atoms with Gasteiger partial charge in [-0.3, -0.25) is 0 Å². The molecule has 0 atom stereocenters. The van der Waals surface area contributed by atoms with Crippen LogP contribution in [0.5, 0.6) is 5.75 Å². The van der Waals surface area contributed by atoms with Gasteiger partial charge >= 0.3 is 5.97 Å². The van der Waals surface area contributed by atoms with Crippen molar-refractivity contribution in [3.8, 4) is 5.75 Å². The van der Waals surface area contributed by atoms with E-state index in [1.165, 1.54) is 12.1 Å². The molecule has 0 heterocycles. The van der Waals surface area contributed by atoms with E-state index >= 15 is 0 Å². The third kappa shape index (κ3) is 4.87. The number of carbonyl (C=O) groups is 1. The summed E-state index contributed by atoms with van der Waals surface area (Å²) in [4.78, 5) is 11.5. The van der Waals surface area contributed by atoms with Crippen molar-refractivity contribution in [1.82, 2.24) is 0 Å². The first-order valence-corrected chi connectivity index (χ1v) is 5.81. The van der Waals surface area contributed by atoms with Crippen molar-refractivity contribution in [3.05, 3.63) is 29.8 Å². The number of aromatic hydroxyl groups is 1. The van der Waals surface area contributed by atoms with Crippen LogP contribution in [0.3, 0.4) is 0 Å². The lowest BCUT2D eigenvalue weighted by Gasteiger charge is -2.05. The van der Waals surface area contributed by atoms with Gasteiger partial charge in [-0.05, 0) is 31.4 Å². The fourth-order valence-corrected chi connectivity index (χ4v) is 1.46. The highest BCUT2D eigenvalue weighted by Crippen LogP contribution is 2.16. The molecule has 0 amide bonds. The highest BCUT2D eigenvalue weighted by atomic mass is 16.5. The molecule has 0 spiro atoms. The summed E-state index contributed by atoms with van der Waals surface area (Å²) < 4.78 is 5.03. The van der Waals surface area contributed by atoms with Crippen LogP contribution in [0.25, 0.3) is 0 Å². The lowest BCUT2D eigenvalue weighted by atomic mass is 10.2. The number of hydrogen-bond donors (Lipinski definition) is 2. The molecule has 1 aromatic carbocycles. The molecule has 2 N–H and O–H groups in total. The molecule has 0 aliphatic heterocycles. The van der Waals surface area contributed by atoms with Gasteiger partial charge in [0, 0.05) is 6.61 Å². The van der Waals surface area contributed by atoms with Gasteiger partial charge in [-0.1, -0.05) is 18.6 Å². The number of phenols is 1. The van der Waals surface area contributed by atoms with Crippen LogP contribution in [0.15, 0.2) is 24.3 Å². The first-order chi connectivity index (χ1) is 8.25. The Kier molecular flexibility index (Phi) is 6.10. The van der Waals surface area contributed by atoms with Crippen LogP contribution in [-0.2, 0) is 4.74 Å². The average Bonchev–Trinajstić information content (AvgIpc) is 2.34. The van der Waals surface area contributed by atoms with Crippen LogP contribution in [0.1, 0.15) is 36.0 Å². The van der Waals surface area contributed by atoms with Gasteiger partial charge in [-0.15, -0.1) is 0 Å². The van der Waals surface area contributed by atoms with E-state index in [9.17, 15) is 9.90 Å². The highest BCUT2D eigenvalue weighted by Gasteiger charge is 2.10. The predicted molar refractivity (Wildman–Crippen MR) is 63.9 cm³/mol. The van der Waals surface area contributed by atoms with E-state index in [-0.39, 0.29) is 17.9 Å². The van der Waals surface area contributed by atoms with E-state index in [1.807, 2.05) is 0 Å². The van der Waals surface area contributed by atoms with Crippen molar-refractivity contribution in [2.24, 2.45) is 0 Å². The SMILES string of the molecule is O=C(OCCCCCCO)c1ccccc1O. The molecule has 4 nitrogen and oxygen atoms in total. The second-order valence-electron chi connectivity index (χ2n) is 3.79. The number of esters is 1. The zero-order valence-corrected chi connectivity index (χ0v) is 9.76. The van der Waals surface area contributed by atoms with Crippen LogP contribution < -0.4 is 0 Å². The highest BCUT2D eigenvalue weighted by molar-refractivity contribution is 5.92. The molecular formula is C13H18O4. The Morgan fingerprint density at radius 3 is 2.53 bits per heavy atom. The monoisotopic (exact) mass is 238 g/mol. The van der Waals surface area contributed by atoms with E-state index < -0.39 is 5.97 Å². The van der Waals surface area contributed by atoms with Gasteiger partial charge in [-0.2, -0.15) is 0 Å². The lowest BCUT2D eigenvalue weighted by molar-refractivity contribution is 0.0494. The van der Waals surface area contributed by atoms with Gasteiger partial charge in [0.15, 0.2) is 0 Å². The number of hydrogen-bond acceptors (Lipinski definition) is 4.